The molecule has 0 aliphatic heterocycles. The molecular weight excluding hydrogens is 339 g/mol. The van der Waals surface area contributed by atoms with E-state index in [-0.39, 0.29) is 0 Å². The van der Waals surface area contributed by atoms with Gasteiger partial charge in [-0.15, -0.1) is 0 Å². The molecule has 1 atom stereocenters. The van der Waals surface area contributed by atoms with Gasteiger partial charge < -0.3 is 4.52 Å². The zero-order valence-corrected chi connectivity index (χ0v) is 14.8. The van der Waals surface area contributed by atoms with E-state index in [1.165, 1.54) is 51.4 Å². The van der Waals surface area contributed by atoms with Gasteiger partial charge in [-0.05, 0) is 18.2 Å². The van der Waals surface area contributed by atoms with Gasteiger partial charge in [0.2, 0.25) is 0 Å². The Bertz CT molecular complexity index is 218. The fraction of sp³-hybridized carbons (Fsp3) is 1.00. The van der Waals surface area contributed by atoms with Crippen LogP contribution in [0.25, 0.3) is 0 Å². The Morgan fingerprint density at radius 3 is 1.94 bits per heavy atom. The summed E-state index contributed by atoms with van der Waals surface area (Å²) in [5, 5.41) is 0. The Balaban J connectivity index is 3.11. The van der Waals surface area contributed by atoms with Crippen LogP contribution in [0.4, 0.5) is 0 Å². The first-order chi connectivity index (χ1) is 8.12. The van der Waals surface area contributed by atoms with Gasteiger partial charge in [-0.3, -0.25) is 0 Å². The van der Waals surface area contributed by atoms with E-state index in [0.29, 0.717) is 6.61 Å². The van der Waals surface area contributed by atoms with Gasteiger partial charge >= 0.3 is 0 Å². The van der Waals surface area contributed by atoms with Crippen LogP contribution in [0.5, 0.6) is 0 Å². The second-order valence-electron chi connectivity index (χ2n) is 4.20. The van der Waals surface area contributed by atoms with E-state index in [4.69, 9.17) is 19.9 Å². The minimum Gasteiger partial charge on any atom is -0.321 e. The lowest BCUT2D eigenvalue weighted by Crippen LogP contribution is -1.90. The van der Waals surface area contributed by atoms with Crippen LogP contribution in [-0.2, 0) is 19.9 Å². The fourth-order valence-corrected chi connectivity index (χ4v) is 2.73. The Kier molecular flexibility index (Phi) is 13.5. The molecule has 0 aromatic carbocycles. The first kappa shape index (κ1) is 18.4. The minimum absolute atomic E-state index is 0.655. The number of halogens is 1. The van der Waals surface area contributed by atoms with Crippen molar-refractivity contribution in [3.05, 3.63) is 0 Å². The number of hydrogen-bond donors (Lipinski definition) is 1. The van der Waals surface area contributed by atoms with Crippen LogP contribution in [-0.4, -0.2) is 6.61 Å². The Labute approximate surface area is 125 Å². The normalized spacial score (nSPS) is 14.8. The molecule has 0 aliphatic rings. The first-order valence-electron chi connectivity index (χ1n) is 6.40. The molecule has 2 nitrogen and oxygen atoms in total. The van der Waals surface area contributed by atoms with Crippen molar-refractivity contribution >= 4 is 46.0 Å². The first-order valence-corrected chi connectivity index (χ1v) is 10.8. The summed E-state index contributed by atoms with van der Waals surface area (Å²) in [5.74, 6) is 0. The van der Waals surface area contributed by atoms with Crippen molar-refractivity contribution in [2.24, 2.45) is 0 Å². The highest BCUT2D eigenvalue weighted by Gasteiger charge is 2.10. The van der Waals surface area contributed by atoms with Crippen LogP contribution in [0.2, 0.25) is 0 Å². The summed E-state index contributed by atoms with van der Waals surface area (Å²) < 4.78 is 10.2. The average Bonchev–Trinajstić information content (AvgIpc) is 2.31. The summed E-state index contributed by atoms with van der Waals surface area (Å²) >= 11 is 11.9. The summed E-state index contributed by atoms with van der Waals surface area (Å²) in [6.07, 6.45) is 11.7. The standard InChI is InChI=1S/C11H24BrO2PS2/c1-2-3-4-5-6-7-8-9-10-11-13-15(16,17)14-12/h2-11H2,1H3,(H,16,17). The Hall–Kier alpha value is 1.40. The van der Waals surface area contributed by atoms with Gasteiger partial charge in [0.05, 0.1) is 6.61 Å². The Morgan fingerprint density at radius 1 is 1.00 bits per heavy atom. The van der Waals surface area contributed by atoms with Gasteiger partial charge in [0.1, 0.15) is 16.3 Å². The molecule has 0 aliphatic carbocycles. The summed E-state index contributed by atoms with van der Waals surface area (Å²) in [6, 6.07) is 0. The van der Waals surface area contributed by atoms with Gasteiger partial charge in [-0.2, -0.15) is 0 Å². The molecule has 0 bridgehead atoms. The third-order valence-electron chi connectivity index (χ3n) is 2.59. The van der Waals surface area contributed by atoms with Crippen molar-refractivity contribution in [1.29, 1.82) is 0 Å². The molecule has 17 heavy (non-hydrogen) atoms. The summed E-state index contributed by atoms with van der Waals surface area (Å²) in [6.45, 7) is 2.90. The monoisotopic (exact) mass is 362 g/mol. The molecule has 0 saturated heterocycles. The van der Waals surface area contributed by atoms with Gasteiger partial charge in [-0.1, -0.05) is 70.5 Å². The maximum absolute atomic E-state index is 5.36. The molecular formula is C11H24BrO2PS2. The number of thiol groups is 1. The molecule has 6 heteroatoms. The van der Waals surface area contributed by atoms with Gasteiger partial charge in [0.25, 0.3) is 5.69 Å². The molecule has 0 aromatic rings. The summed E-state index contributed by atoms with van der Waals surface area (Å²) in [7, 11) is 0. The second kappa shape index (κ2) is 12.4. The van der Waals surface area contributed by atoms with E-state index in [2.05, 4.69) is 35.4 Å². The highest BCUT2D eigenvalue weighted by atomic mass is 79.9. The van der Waals surface area contributed by atoms with Crippen LogP contribution >= 0.6 is 34.2 Å². The SMILES string of the molecule is CCCCCCCCCCCOP(=S)(S)OBr. The Morgan fingerprint density at radius 2 is 1.47 bits per heavy atom. The summed E-state index contributed by atoms with van der Waals surface area (Å²) in [4.78, 5) is 0. The van der Waals surface area contributed by atoms with E-state index in [1.54, 1.807) is 0 Å². The van der Waals surface area contributed by atoms with Crippen LogP contribution in [0, 0.1) is 0 Å². The van der Waals surface area contributed by atoms with Crippen molar-refractivity contribution < 1.29 is 8.14 Å². The maximum atomic E-state index is 5.36. The number of hydrogen-bond acceptors (Lipinski definition) is 3. The average molecular weight is 363 g/mol. The molecule has 0 fully saturated rings. The van der Waals surface area contributed by atoms with Crippen molar-refractivity contribution in [2.75, 3.05) is 6.61 Å². The fourth-order valence-electron chi connectivity index (χ4n) is 1.61. The van der Waals surface area contributed by atoms with Crippen LogP contribution in [0.15, 0.2) is 0 Å². The second-order valence-corrected chi connectivity index (χ2v) is 10.2. The predicted molar refractivity (Wildman–Crippen MR) is 86.5 cm³/mol. The molecule has 0 saturated carbocycles. The van der Waals surface area contributed by atoms with Gasteiger partial charge in [-0.25, -0.2) is 3.62 Å². The van der Waals surface area contributed by atoms with Crippen molar-refractivity contribution in [2.45, 2.75) is 64.7 Å². The molecule has 0 heterocycles. The van der Waals surface area contributed by atoms with Crippen molar-refractivity contribution in [3.8, 4) is 0 Å². The van der Waals surface area contributed by atoms with Crippen LogP contribution in [0.3, 0.4) is 0 Å². The van der Waals surface area contributed by atoms with E-state index in [1.807, 2.05) is 0 Å². The topological polar surface area (TPSA) is 18.5 Å². The maximum Gasteiger partial charge on any atom is 0.255 e. The van der Waals surface area contributed by atoms with Gasteiger partial charge in [0, 0.05) is 0 Å². The predicted octanol–water partition coefficient (Wildman–Crippen LogP) is 6.01. The van der Waals surface area contributed by atoms with E-state index in [0.717, 1.165) is 6.42 Å². The molecule has 0 spiro atoms. The molecule has 0 rings (SSSR count). The number of unbranched alkanes of at least 4 members (excludes halogenated alkanes) is 8. The highest BCUT2D eigenvalue weighted by molar-refractivity contribution is 9.07. The van der Waals surface area contributed by atoms with Crippen molar-refractivity contribution in [3.63, 3.8) is 0 Å². The van der Waals surface area contributed by atoms with E-state index in [9.17, 15) is 0 Å². The van der Waals surface area contributed by atoms with Crippen molar-refractivity contribution in [1.82, 2.24) is 0 Å². The largest absolute Gasteiger partial charge is 0.321 e. The zero-order chi connectivity index (χ0) is 13.0. The highest BCUT2D eigenvalue weighted by Crippen LogP contribution is 2.55. The quantitative estimate of drug-likeness (QED) is 0.260. The molecule has 0 N–H and O–H groups in total. The molecule has 104 valence electrons. The summed E-state index contributed by atoms with van der Waals surface area (Å²) in [5.41, 5.74) is -2.30. The minimum atomic E-state index is -2.30. The lowest BCUT2D eigenvalue weighted by atomic mass is 10.1. The zero-order valence-electron chi connectivity index (χ0n) is 10.6. The molecule has 0 amide bonds. The lowest BCUT2D eigenvalue weighted by molar-refractivity contribution is 0.319. The molecule has 0 aromatic heterocycles. The smallest absolute Gasteiger partial charge is 0.255 e. The molecule has 1 unspecified atom stereocenters. The number of rotatable bonds is 12. The van der Waals surface area contributed by atoms with E-state index >= 15 is 0 Å². The van der Waals surface area contributed by atoms with E-state index < -0.39 is 5.69 Å². The van der Waals surface area contributed by atoms with Crippen LogP contribution in [0.1, 0.15) is 64.7 Å². The third-order valence-corrected chi connectivity index (χ3v) is 6.87. The molecule has 0 radical (unpaired) electrons. The van der Waals surface area contributed by atoms with Gasteiger partial charge in [0.15, 0.2) is 0 Å². The van der Waals surface area contributed by atoms with Crippen LogP contribution < -0.4 is 0 Å². The third kappa shape index (κ3) is 13.6. The lowest BCUT2D eigenvalue weighted by Gasteiger charge is -2.11.